The first kappa shape index (κ1) is 19.5. The van der Waals surface area contributed by atoms with Crippen LogP contribution in [-0.4, -0.2) is 52.1 Å². The topological polar surface area (TPSA) is 75.4 Å². The Morgan fingerprint density at radius 2 is 1.71 bits per heavy atom. The smallest absolute Gasteiger partial charge is 0.228 e. The number of carbonyl (C=O) groups is 1. The molecule has 1 aliphatic rings. The van der Waals surface area contributed by atoms with Crippen molar-refractivity contribution in [2.45, 2.75) is 27.2 Å². The summed E-state index contributed by atoms with van der Waals surface area (Å²) in [7, 11) is 0. The Bertz CT molecular complexity index is 1290. The maximum Gasteiger partial charge on any atom is 0.228 e. The molecule has 3 heterocycles. The number of aryl methyl sites for hydroxylation is 3. The molecule has 2 aromatic carbocycles. The third-order valence-electron chi connectivity index (χ3n) is 5.96. The molecule has 0 bridgehead atoms. The zero-order valence-corrected chi connectivity index (χ0v) is 18.1. The molecule has 1 fully saturated rings. The summed E-state index contributed by atoms with van der Waals surface area (Å²) >= 11 is 0. The van der Waals surface area contributed by atoms with E-state index < -0.39 is 0 Å². The molecule has 1 amide bonds. The molecule has 0 aliphatic carbocycles. The zero-order chi connectivity index (χ0) is 21.5. The highest BCUT2D eigenvalue weighted by molar-refractivity contribution is 5.89. The Labute approximate surface area is 180 Å². The molecule has 2 aromatic heterocycles. The van der Waals surface area contributed by atoms with E-state index >= 15 is 0 Å². The van der Waals surface area contributed by atoms with Crippen molar-refractivity contribution in [1.29, 1.82) is 0 Å². The second-order valence-corrected chi connectivity index (χ2v) is 8.25. The van der Waals surface area contributed by atoms with Crippen LogP contribution in [0.4, 0.5) is 5.82 Å². The van der Waals surface area contributed by atoms with Crippen LogP contribution in [0.15, 0.2) is 40.9 Å². The van der Waals surface area contributed by atoms with Gasteiger partial charge in [0.25, 0.3) is 0 Å². The molecule has 4 aromatic rings. The van der Waals surface area contributed by atoms with Crippen molar-refractivity contribution in [3.05, 3.63) is 58.9 Å². The Morgan fingerprint density at radius 1 is 1.00 bits per heavy atom. The fraction of sp³-hybridized carbons (Fsp3) is 0.333. The van der Waals surface area contributed by atoms with Crippen LogP contribution in [-0.2, 0) is 11.2 Å². The molecule has 0 saturated carbocycles. The van der Waals surface area contributed by atoms with Crippen LogP contribution >= 0.6 is 0 Å². The average molecular weight is 415 g/mol. The number of rotatable bonds is 3. The molecular weight excluding hydrogens is 390 g/mol. The van der Waals surface area contributed by atoms with Crippen LogP contribution < -0.4 is 4.90 Å². The minimum absolute atomic E-state index is 0.0798. The van der Waals surface area contributed by atoms with E-state index in [2.05, 4.69) is 16.1 Å². The standard InChI is InChI=1S/C24H25N5O2/c1-15-12-16(2)23-20(27-31-21(23)13-15)14-22(30)28-8-10-29(11-9-28)24-17(3)25-18-6-4-5-7-19(18)26-24/h4-7,12-13H,8-11,14H2,1-3H3. The van der Waals surface area contributed by atoms with Crippen LogP contribution in [0.25, 0.3) is 22.0 Å². The second kappa shape index (κ2) is 7.65. The Kier molecular flexibility index (Phi) is 4.81. The van der Waals surface area contributed by atoms with Gasteiger partial charge in [-0.2, -0.15) is 0 Å². The highest BCUT2D eigenvalue weighted by Gasteiger charge is 2.25. The van der Waals surface area contributed by atoms with Crippen molar-refractivity contribution in [3.63, 3.8) is 0 Å². The number of carbonyl (C=O) groups excluding carboxylic acids is 1. The summed E-state index contributed by atoms with van der Waals surface area (Å²) in [5, 5.41) is 5.14. The van der Waals surface area contributed by atoms with Gasteiger partial charge in [-0.1, -0.05) is 23.4 Å². The quantitative estimate of drug-likeness (QED) is 0.509. The summed E-state index contributed by atoms with van der Waals surface area (Å²) in [4.78, 5) is 26.6. The molecule has 0 N–H and O–H groups in total. The fourth-order valence-electron chi connectivity index (χ4n) is 4.44. The van der Waals surface area contributed by atoms with E-state index in [1.54, 1.807) is 0 Å². The number of nitrogens with zero attached hydrogens (tertiary/aromatic N) is 5. The predicted octanol–water partition coefficient (Wildman–Crippen LogP) is 3.59. The first-order chi connectivity index (χ1) is 15.0. The van der Waals surface area contributed by atoms with Crippen molar-refractivity contribution < 1.29 is 9.32 Å². The maximum atomic E-state index is 13.0. The Balaban J connectivity index is 1.29. The first-order valence-corrected chi connectivity index (χ1v) is 10.6. The number of hydrogen-bond donors (Lipinski definition) is 0. The lowest BCUT2D eigenvalue weighted by molar-refractivity contribution is -0.130. The summed E-state index contributed by atoms with van der Waals surface area (Å²) in [5.74, 6) is 0.982. The minimum atomic E-state index is 0.0798. The number of benzene rings is 2. The normalized spacial score (nSPS) is 14.5. The molecule has 0 radical (unpaired) electrons. The molecule has 1 saturated heterocycles. The minimum Gasteiger partial charge on any atom is -0.356 e. The van der Waals surface area contributed by atoms with E-state index in [9.17, 15) is 4.79 Å². The molecule has 158 valence electrons. The van der Waals surface area contributed by atoms with Crippen molar-refractivity contribution in [1.82, 2.24) is 20.0 Å². The number of fused-ring (bicyclic) bond motifs is 2. The van der Waals surface area contributed by atoms with Crippen LogP contribution in [0.2, 0.25) is 0 Å². The number of aromatic nitrogens is 3. The predicted molar refractivity (Wildman–Crippen MR) is 120 cm³/mol. The summed E-state index contributed by atoms with van der Waals surface area (Å²) in [6.45, 7) is 8.83. The van der Waals surface area contributed by atoms with Crippen molar-refractivity contribution in [2.24, 2.45) is 0 Å². The number of hydrogen-bond acceptors (Lipinski definition) is 6. The van der Waals surface area contributed by atoms with Crippen LogP contribution in [0.3, 0.4) is 0 Å². The third kappa shape index (κ3) is 3.60. The van der Waals surface area contributed by atoms with E-state index in [-0.39, 0.29) is 12.3 Å². The van der Waals surface area contributed by atoms with Gasteiger partial charge in [0, 0.05) is 31.6 Å². The monoisotopic (exact) mass is 415 g/mol. The summed E-state index contributed by atoms with van der Waals surface area (Å²) in [6.07, 6.45) is 0.256. The second-order valence-electron chi connectivity index (χ2n) is 8.25. The van der Waals surface area contributed by atoms with Crippen molar-refractivity contribution in [2.75, 3.05) is 31.1 Å². The van der Waals surface area contributed by atoms with E-state index in [0.29, 0.717) is 13.1 Å². The first-order valence-electron chi connectivity index (χ1n) is 10.6. The summed E-state index contributed by atoms with van der Waals surface area (Å²) < 4.78 is 5.48. The van der Waals surface area contributed by atoms with Crippen molar-refractivity contribution in [3.8, 4) is 0 Å². The fourth-order valence-corrected chi connectivity index (χ4v) is 4.44. The molecule has 0 unspecified atom stereocenters. The van der Waals surface area contributed by atoms with Gasteiger partial charge in [0.2, 0.25) is 5.91 Å². The van der Waals surface area contributed by atoms with Gasteiger partial charge >= 0.3 is 0 Å². The maximum absolute atomic E-state index is 13.0. The lowest BCUT2D eigenvalue weighted by Crippen LogP contribution is -2.49. The van der Waals surface area contributed by atoms with Crippen molar-refractivity contribution >= 4 is 33.7 Å². The lowest BCUT2D eigenvalue weighted by atomic mass is 10.0. The number of piperazine rings is 1. The molecule has 0 spiro atoms. The van der Waals surface area contributed by atoms with E-state index in [0.717, 1.165) is 63.4 Å². The Hall–Kier alpha value is -3.48. The van der Waals surface area contributed by atoms with Gasteiger partial charge in [-0.15, -0.1) is 0 Å². The SMILES string of the molecule is Cc1cc(C)c2c(CC(=O)N3CCN(c4nc5ccccc5nc4C)CC3)noc2c1. The number of amides is 1. The van der Waals surface area contributed by atoms with Crippen LogP contribution in [0.5, 0.6) is 0 Å². The van der Waals surface area contributed by atoms with Gasteiger partial charge in [0.15, 0.2) is 11.4 Å². The lowest BCUT2D eigenvalue weighted by Gasteiger charge is -2.35. The molecular formula is C24H25N5O2. The third-order valence-corrected chi connectivity index (χ3v) is 5.96. The molecule has 0 atom stereocenters. The molecule has 7 heteroatoms. The van der Waals surface area contributed by atoms with Gasteiger partial charge in [-0.25, -0.2) is 9.97 Å². The Morgan fingerprint density at radius 3 is 2.45 bits per heavy atom. The summed E-state index contributed by atoms with van der Waals surface area (Å²) in [5.41, 5.74) is 6.40. The number of anilines is 1. The van der Waals surface area contributed by atoms with Gasteiger partial charge in [-0.3, -0.25) is 4.79 Å². The zero-order valence-electron chi connectivity index (χ0n) is 18.1. The van der Waals surface area contributed by atoms with E-state index in [1.165, 1.54) is 0 Å². The van der Waals surface area contributed by atoms with Crippen LogP contribution in [0, 0.1) is 20.8 Å². The van der Waals surface area contributed by atoms with Gasteiger partial charge in [0.1, 0.15) is 5.69 Å². The summed E-state index contributed by atoms with van der Waals surface area (Å²) in [6, 6.07) is 12.0. The van der Waals surface area contributed by atoms with E-state index in [1.807, 2.05) is 56.0 Å². The number of para-hydroxylation sites is 2. The van der Waals surface area contributed by atoms with Gasteiger partial charge in [0.05, 0.1) is 23.1 Å². The van der Waals surface area contributed by atoms with E-state index in [4.69, 9.17) is 14.5 Å². The van der Waals surface area contributed by atoms with Gasteiger partial charge < -0.3 is 14.3 Å². The molecule has 1 aliphatic heterocycles. The largest absolute Gasteiger partial charge is 0.356 e. The highest BCUT2D eigenvalue weighted by Crippen LogP contribution is 2.25. The average Bonchev–Trinajstić information content (AvgIpc) is 3.16. The molecule has 5 rings (SSSR count). The van der Waals surface area contributed by atoms with Crippen LogP contribution in [0.1, 0.15) is 22.5 Å². The molecule has 31 heavy (non-hydrogen) atoms. The highest BCUT2D eigenvalue weighted by atomic mass is 16.5. The molecule has 7 nitrogen and oxygen atoms in total. The van der Waals surface area contributed by atoms with Gasteiger partial charge in [-0.05, 0) is 50.1 Å².